The van der Waals surface area contributed by atoms with Crippen LogP contribution in [0.15, 0.2) is 24.3 Å². The summed E-state index contributed by atoms with van der Waals surface area (Å²) in [6, 6.07) is 6.29. The summed E-state index contributed by atoms with van der Waals surface area (Å²) in [7, 11) is 0. The SMILES string of the molecule is C[C@H](Oc1ccc(OC(=O)[C@@H]2COCCO2)cc1)C(N)=O. The molecule has 0 bridgehead atoms. The minimum absolute atomic E-state index is 0.191. The highest BCUT2D eigenvalue weighted by molar-refractivity contribution is 5.79. The Morgan fingerprint density at radius 3 is 2.48 bits per heavy atom. The molecule has 0 spiro atoms. The molecule has 1 aliphatic rings. The number of amides is 1. The Morgan fingerprint density at radius 2 is 1.90 bits per heavy atom. The third kappa shape index (κ3) is 4.44. The van der Waals surface area contributed by atoms with E-state index in [1.165, 1.54) is 0 Å². The topological polar surface area (TPSA) is 97.1 Å². The number of hydrogen-bond acceptors (Lipinski definition) is 6. The maximum atomic E-state index is 11.8. The summed E-state index contributed by atoms with van der Waals surface area (Å²) in [4.78, 5) is 22.7. The Labute approximate surface area is 121 Å². The lowest BCUT2D eigenvalue weighted by molar-refractivity contribution is -0.161. The molecular formula is C14H17NO6. The van der Waals surface area contributed by atoms with Crippen LogP contribution in [0.2, 0.25) is 0 Å². The molecule has 2 rings (SSSR count). The number of esters is 1. The van der Waals surface area contributed by atoms with E-state index < -0.39 is 24.1 Å². The highest BCUT2D eigenvalue weighted by atomic mass is 16.6. The number of hydrogen-bond donors (Lipinski definition) is 1. The second-order valence-corrected chi connectivity index (χ2v) is 4.49. The normalized spacial score (nSPS) is 19.6. The predicted octanol–water partition coefficient (Wildman–Crippen LogP) is 0.260. The molecule has 1 amide bonds. The first-order valence-corrected chi connectivity index (χ1v) is 6.53. The van der Waals surface area contributed by atoms with Gasteiger partial charge in [0.25, 0.3) is 5.91 Å². The van der Waals surface area contributed by atoms with Gasteiger partial charge in [0.05, 0.1) is 19.8 Å². The van der Waals surface area contributed by atoms with Gasteiger partial charge in [0.2, 0.25) is 0 Å². The summed E-state index contributed by atoms with van der Waals surface area (Å²) < 4.78 is 20.8. The van der Waals surface area contributed by atoms with E-state index in [0.29, 0.717) is 24.7 Å². The minimum Gasteiger partial charge on any atom is -0.481 e. The van der Waals surface area contributed by atoms with Crippen LogP contribution in [0.5, 0.6) is 11.5 Å². The van der Waals surface area contributed by atoms with Crippen LogP contribution in [-0.2, 0) is 19.1 Å². The Morgan fingerprint density at radius 1 is 1.24 bits per heavy atom. The smallest absolute Gasteiger partial charge is 0.343 e. The fourth-order valence-corrected chi connectivity index (χ4v) is 1.65. The van der Waals surface area contributed by atoms with Gasteiger partial charge in [-0.15, -0.1) is 0 Å². The number of carbonyl (C=O) groups excluding carboxylic acids is 2. The van der Waals surface area contributed by atoms with Gasteiger partial charge in [-0.3, -0.25) is 4.79 Å². The van der Waals surface area contributed by atoms with Crippen LogP contribution < -0.4 is 15.2 Å². The molecule has 1 aromatic carbocycles. The third-order valence-electron chi connectivity index (χ3n) is 2.83. The van der Waals surface area contributed by atoms with E-state index in [1.54, 1.807) is 31.2 Å². The van der Waals surface area contributed by atoms with Crippen molar-refractivity contribution in [1.82, 2.24) is 0 Å². The van der Waals surface area contributed by atoms with Crippen molar-refractivity contribution in [3.05, 3.63) is 24.3 Å². The highest BCUT2D eigenvalue weighted by Crippen LogP contribution is 2.19. The average Bonchev–Trinajstić information content (AvgIpc) is 2.50. The van der Waals surface area contributed by atoms with Crippen LogP contribution >= 0.6 is 0 Å². The number of rotatable bonds is 5. The van der Waals surface area contributed by atoms with Crippen LogP contribution in [0.3, 0.4) is 0 Å². The summed E-state index contributed by atoms with van der Waals surface area (Å²) in [5.74, 6) is -0.250. The molecule has 21 heavy (non-hydrogen) atoms. The van der Waals surface area contributed by atoms with Gasteiger partial charge in [0.15, 0.2) is 12.2 Å². The van der Waals surface area contributed by atoms with E-state index in [-0.39, 0.29) is 6.61 Å². The van der Waals surface area contributed by atoms with Gasteiger partial charge in [-0.05, 0) is 31.2 Å². The monoisotopic (exact) mass is 295 g/mol. The fourth-order valence-electron chi connectivity index (χ4n) is 1.65. The molecule has 7 heteroatoms. The third-order valence-corrected chi connectivity index (χ3v) is 2.83. The van der Waals surface area contributed by atoms with Gasteiger partial charge in [0, 0.05) is 0 Å². The standard InChI is InChI=1S/C14H17NO6/c1-9(13(15)16)20-10-2-4-11(5-3-10)21-14(17)12-8-18-6-7-19-12/h2-5,9,12H,6-8H2,1H3,(H2,15,16)/t9-,12-/m0/s1. The lowest BCUT2D eigenvalue weighted by atomic mass is 10.3. The number of primary amides is 1. The van der Waals surface area contributed by atoms with Gasteiger partial charge in [0.1, 0.15) is 11.5 Å². The van der Waals surface area contributed by atoms with E-state index in [9.17, 15) is 9.59 Å². The zero-order valence-corrected chi connectivity index (χ0v) is 11.6. The summed E-state index contributed by atoms with van der Waals surface area (Å²) in [6.45, 7) is 2.60. The molecule has 1 saturated heterocycles. The lowest BCUT2D eigenvalue weighted by Gasteiger charge is -2.21. The average molecular weight is 295 g/mol. The quantitative estimate of drug-likeness (QED) is 0.618. The molecule has 0 unspecified atom stereocenters. The van der Waals surface area contributed by atoms with Crippen LogP contribution in [0.4, 0.5) is 0 Å². The van der Waals surface area contributed by atoms with Crippen molar-refractivity contribution >= 4 is 11.9 Å². The summed E-state index contributed by atoms with van der Waals surface area (Å²) in [5.41, 5.74) is 5.10. The molecule has 2 N–H and O–H groups in total. The molecule has 0 aromatic heterocycles. The zero-order chi connectivity index (χ0) is 15.2. The van der Waals surface area contributed by atoms with E-state index in [1.807, 2.05) is 0 Å². The molecule has 1 heterocycles. The van der Waals surface area contributed by atoms with E-state index >= 15 is 0 Å². The van der Waals surface area contributed by atoms with Gasteiger partial charge < -0.3 is 24.7 Å². The lowest BCUT2D eigenvalue weighted by Crippen LogP contribution is -2.38. The number of carbonyl (C=O) groups is 2. The van der Waals surface area contributed by atoms with Crippen molar-refractivity contribution in [3.63, 3.8) is 0 Å². The van der Waals surface area contributed by atoms with Gasteiger partial charge >= 0.3 is 5.97 Å². The first kappa shape index (κ1) is 15.3. The highest BCUT2D eigenvalue weighted by Gasteiger charge is 2.24. The van der Waals surface area contributed by atoms with Gasteiger partial charge in [-0.25, -0.2) is 4.79 Å². The molecule has 0 aliphatic carbocycles. The van der Waals surface area contributed by atoms with Crippen molar-refractivity contribution in [1.29, 1.82) is 0 Å². The largest absolute Gasteiger partial charge is 0.481 e. The minimum atomic E-state index is -0.730. The second-order valence-electron chi connectivity index (χ2n) is 4.49. The van der Waals surface area contributed by atoms with Crippen LogP contribution in [-0.4, -0.2) is 43.9 Å². The maximum Gasteiger partial charge on any atom is 0.343 e. The molecular weight excluding hydrogens is 278 g/mol. The van der Waals surface area contributed by atoms with Crippen molar-refractivity contribution in [3.8, 4) is 11.5 Å². The molecule has 1 aromatic rings. The molecule has 0 saturated carbocycles. The number of benzene rings is 1. The Bertz CT molecular complexity index is 495. The Kier molecular flexibility index (Phi) is 5.13. The molecule has 1 fully saturated rings. The van der Waals surface area contributed by atoms with Crippen molar-refractivity contribution in [2.24, 2.45) is 5.73 Å². The molecule has 0 radical (unpaired) electrons. The van der Waals surface area contributed by atoms with Gasteiger partial charge in [-0.1, -0.05) is 0 Å². The fraction of sp³-hybridized carbons (Fsp3) is 0.429. The maximum absolute atomic E-state index is 11.8. The molecule has 1 aliphatic heterocycles. The first-order chi connectivity index (χ1) is 10.1. The summed E-state index contributed by atoms with van der Waals surface area (Å²) in [6.07, 6.45) is -1.43. The molecule has 7 nitrogen and oxygen atoms in total. The Hall–Kier alpha value is -2.12. The number of ether oxygens (including phenoxy) is 4. The molecule has 114 valence electrons. The second kappa shape index (κ2) is 7.05. The van der Waals surface area contributed by atoms with Crippen molar-refractivity contribution < 1.29 is 28.5 Å². The van der Waals surface area contributed by atoms with Crippen LogP contribution in [0.1, 0.15) is 6.92 Å². The Balaban J connectivity index is 1.89. The van der Waals surface area contributed by atoms with E-state index in [4.69, 9.17) is 24.7 Å². The van der Waals surface area contributed by atoms with E-state index in [0.717, 1.165) is 0 Å². The van der Waals surface area contributed by atoms with Crippen molar-refractivity contribution in [2.75, 3.05) is 19.8 Å². The molecule has 2 atom stereocenters. The first-order valence-electron chi connectivity index (χ1n) is 6.53. The summed E-state index contributed by atoms with van der Waals surface area (Å²) >= 11 is 0. The van der Waals surface area contributed by atoms with Gasteiger partial charge in [-0.2, -0.15) is 0 Å². The summed E-state index contributed by atoms with van der Waals surface area (Å²) in [5, 5.41) is 0. The predicted molar refractivity (Wildman–Crippen MR) is 71.9 cm³/mol. The zero-order valence-electron chi connectivity index (χ0n) is 11.6. The van der Waals surface area contributed by atoms with Crippen molar-refractivity contribution in [2.45, 2.75) is 19.1 Å². The van der Waals surface area contributed by atoms with E-state index in [2.05, 4.69) is 0 Å². The van der Waals surface area contributed by atoms with Crippen LogP contribution in [0.25, 0.3) is 0 Å². The van der Waals surface area contributed by atoms with Crippen LogP contribution in [0, 0.1) is 0 Å². The number of nitrogens with two attached hydrogens (primary N) is 1.